The van der Waals surface area contributed by atoms with Crippen LogP contribution >= 0.6 is 11.6 Å². The average Bonchev–Trinajstić information content (AvgIpc) is 2.80. The van der Waals surface area contributed by atoms with Crippen molar-refractivity contribution in [2.24, 2.45) is 0 Å². The van der Waals surface area contributed by atoms with Crippen LogP contribution in [0.2, 0.25) is 5.15 Å². The highest BCUT2D eigenvalue weighted by atomic mass is 35.5. The zero-order chi connectivity index (χ0) is 15.6. The van der Waals surface area contributed by atoms with Gasteiger partial charge in [0.15, 0.2) is 11.6 Å². The molecule has 1 heterocycles. The fourth-order valence-corrected chi connectivity index (χ4v) is 2.14. The fraction of sp³-hybridized carbons (Fsp3) is 0.250. The maximum atomic E-state index is 14.0. The lowest BCUT2D eigenvalue weighted by molar-refractivity contribution is 0.183. The number of halogens is 3. The number of ether oxygens (including phenoxy) is 1. The molecule has 2 N–H and O–H groups in total. The van der Waals surface area contributed by atoms with Crippen LogP contribution in [0.25, 0.3) is 11.1 Å². The number of aromatic nitrogens is 2. The summed E-state index contributed by atoms with van der Waals surface area (Å²) in [6.45, 7) is 0.736. The van der Waals surface area contributed by atoms with Gasteiger partial charge in [-0.05, 0) is 0 Å². The number of hydrogen-bond acceptors (Lipinski definition) is 4. The van der Waals surface area contributed by atoms with Gasteiger partial charge in [-0.25, -0.2) is 8.78 Å². The Bertz CT molecular complexity index is 652. The topological polar surface area (TPSA) is 67.5 Å². The molecular weight excluding hydrogens is 304 g/mol. The Morgan fingerprint density at radius 3 is 2.62 bits per heavy atom. The second-order valence-corrected chi connectivity index (χ2v) is 4.63. The summed E-state index contributed by atoms with van der Waals surface area (Å²) in [4.78, 5) is 0. The fourth-order valence-electron chi connectivity index (χ4n) is 1.86. The summed E-state index contributed by atoms with van der Waals surface area (Å²) >= 11 is 6.08. The smallest absolute Gasteiger partial charge is 0.423 e. The molecule has 0 radical (unpaired) electrons. The van der Waals surface area contributed by atoms with E-state index >= 15 is 0 Å². The lowest BCUT2D eigenvalue weighted by Crippen LogP contribution is -2.33. The zero-order valence-corrected chi connectivity index (χ0v) is 11.8. The Morgan fingerprint density at radius 1 is 1.29 bits per heavy atom. The summed E-state index contributed by atoms with van der Waals surface area (Å²) in [5.41, 5.74) is -0.437. The van der Waals surface area contributed by atoms with Crippen LogP contribution < -0.4 is 5.46 Å². The van der Waals surface area contributed by atoms with Crippen molar-refractivity contribution in [1.29, 1.82) is 0 Å². The van der Waals surface area contributed by atoms with Gasteiger partial charge in [0.05, 0.1) is 19.3 Å². The van der Waals surface area contributed by atoms with Crippen LogP contribution in [0.1, 0.15) is 0 Å². The minimum absolute atomic E-state index is 0.106. The quantitative estimate of drug-likeness (QED) is 0.801. The maximum Gasteiger partial charge on any atom is 0.491 e. The third-order valence-electron chi connectivity index (χ3n) is 2.96. The molecule has 5 nitrogen and oxygen atoms in total. The summed E-state index contributed by atoms with van der Waals surface area (Å²) in [5, 5.41) is 22.0. The maximum absolute atomic E-state index is 14.0. The molecular formula is C12H12BClF2N2O3. The van der Waals surface area contributed by atoms with Gasteiger partial charge in [-0.1, -0.05) is 23.7 Å². The summed E-state index contributed by atoms with van der Waals surface area (Å²) in [5.74, 6) is -2.54. The normalized spacial score (nSPS) is 11.0. The molecule has 0 spiro atoms. The van der Waals surface area contributed by atoms with Gasteiger partial charge in [0.1, 0.15) is 5.15 Å². The van der Waals surface area contributed by atoms with Gasteiger partial charge in [0.2, 0.25) is 0 Å². The lowest BCUT2D eigenvalue weighted by Gasteiger charge is -2.07. The van der Waals surface area contributed by atoms with Crippen molar-refractivity contribution in [2.45, 2.75) is 6.54 Å². The van der Waals surface area contributed by atoms with E-state index in [1.54, 1.807) is 0 Å². The third-order valence-corrected chi connectivity index (χ3v) is 3.36. The Hall–Kier alpha value is -1.48. The van der Waals surface area contributed by atoms with Crippen molar-refractivity contribution in [3.8, 4) is 11.1 Å². The largest absolute Gasteiger partial charge is 0.491 e. The standard InChI is InChI=1S/C12H12BClF2N2O3/c1-21-5-4-18-12(14)8(6-17-18)7-2-3-9(13(19)20)11(16)10(7)15/h2-3,6,19-20H,4-5H2,1H3. The molecule has 2 rings (SSSR count). The number of methoxy groups -OCH3 is 1. The zero-order valence-electron chi connectivity index (χ0n) is 11.1. The summed E-state index contributed by atoms with van der Waals surface area (Å²) in [6, 6.07) is 2.30. The Morgan fingerprint density at radius 2 is 2.00 bits per heavy atom. The van der Waals surface area contributed by atoms with Gasteiger partial charge in [-0.2, -0.15) is 5.10 Å². The number of hydrogen-bond donors (Lipinski definition) is 2. The molecule has 112 valence electrons. The molecule has 0 saturated carbocycles. The molecule has 0 fully saturated rings. The lowest BCUT2D eigenvalue weighted by atomic mass is 9.79. The second kappa shape index (κ2) is 6.53. The Kier molecular flexibility index (Phi) is 4.94. The molecule has 0 aliphatic carbocycles. The van der Waals surface area contributed by atoms with Gasteiger partial charge in [-0.3, -0.25) is 4.68 Å². The molecule has 0 bridgehead atoms. The predicted octanol–water partition coefficient (Wildman–Crippen LogP) is 0.808. The number of benzene rings is 1. The van der Waals surface area contributed by atoms with Gasteiger partial charge in [0.25, 0.3) is 0 Å². The number of rotatable bonds is 5. The van der Waals surface area contributed by atoms with Crippen molar-refractivity contribution >= 4 is 24.2 Å². The molecule has 1 aromatic carbocycles. The van der Waals surface area contributed by atoms with Crippen LogP contribution in [0.3, 0.4) is 0 Å². The molecule has 21 heavy (non-hydrogen) atoms. The first-order chi connectivity index (χ1) is 9.97. The summed E-state index contributed by atoms with van der Waals surface area (Å²) in [6.07, 6.45) is 1.31. The van der Waals surface area contributed by atoms with Gasteiger partial charge in [0, 0.05) is 23.7 Å². The van der Waals surface area contributed by atoms with Gasteiger partial charge in [-0.15, -0.1) is 0 Å². The van der Waals surface area contributed by atoms with Crippen molar-refractivity contribution in [2.75, 3.05) is 13.7 Å². The van der Waals surface area contributed by atoms with E-state index < -0.39 is 24.2 Å². The number of nitrogens with zero attached hydrogens (tertiary/aromatic N) is 2. The first kappa shape index (κ1) is 15.9. The van der Waals surface area contributed by atoms with Crippen molar-refractivity contribution in [3.05, 3.63) is 35.1 Å². The van der Waals surface area contributed by atoms with E-state index in [9.17, 15) is 8.78 Å². The van der Waals surface area contributed by atoms with Crippen LogP contribution in [0, 0.1) is 11.6 Å². The first-order valence-electron chi connectivity index (χ1n) is 6.02. The van der Waals surface area contributed by atoms with Crippen LogP contribution in [0.5, 0.6) is 0 Å². The molecule has 1 aromatic heterocycles. The summed E-state index contributed by atoms with van der Waals surface area (Å²) in [7, 11) is -0.569. The molecule has 0 saturated heterocycles. The first-order valence-corrected chi connectivity index (χ1v) is 6.39. The van der Waals surface area contributed by atoms with Crippen molar-refractivity contribution in [3.63, 3.8) is 0 Å². The molecule has 0 amide bonds. The summed E-state index contributed by atoms with van der Waals surface area (Å²) < 4.78 is 34.1. The van der Waals surface area contributed by atoms with E-state index in [-0.39, 0.29) is 16.3 Å². The monoisotopic (exact) mass is 316 g/mol. The van der Waals surface area contributed by atoms with Gasteiger partial charge < -0.3 is 14.8 Å². The van der Waals surface area contributed by atoms with Crippen molar-refractivity contribution < 1.29 is 23.6 Å². The van der Waals surface area contributed by atoms with E-state index in [2.05, 4.69) is 5.10 Å². The van der Waals surface area contributed by atoms with Crippen LogP contribution in [-0.4, -0.2) is 40.7 Å². The highest BCUT2D eigenvalue weighted by Gasteiger charge is 2.24. The van der Waals surface area contributed by atoms with E-state index in [4.69, 9.17) is 26.4 Å². The highest BCUT2D eigenvalue weighted by Crippen LogP contribution is 2.30. The Balaban J connectivity index is 2.43. The molecule has 0 aliphatic rings. The SMILES string of the molecule is COCCn1ncc(-c2ccc(B(O)O)c(F)c2F)c1Cl. The molecule has 0 unspecified atom stereocenters. The van der Waals surface area contributed by atoms with Crippen LogP contribution in [-0.2, 0) is 11.3 Å². The van der Waals surface area contributed by atoms with Crippen molar-refractivity contribution in [1.82, 2.24) is 9.78 Å². The minimum Gasteiger partial charge on any atom is -0.423 e. The molecule has 0 aliphatic heterocycles. The minimum atomic E-state index is -2.09. The second-order valence-electron chi connectivity index (χ2n) is 4.27. The van der Waals surface area contributed by atoms with E-state index in [0.717, 1.165) is 6.07 Å². The molecule has 9 heteroatoms. The Labute approximate surface area is 124 Å². The van der Waals surface area contributed by atoms with E-state index in [1.807, 2.05) is 0 Å². The van der Waals surface area contributed by atoms with Crippen LogP contribution in [0.4, 0.5) is 8.78 Å². The highest BCUT2D eigenvalue weighted by molar-refractivity contribution is 6.58. The average molecular weight is 316 g/mol. The van der Waals surface area contributed by atoms with E-state index in [0.29, 0.717) is 13.2 Å². The van der Waals surface area contributed by atoms with E-state index in [1.165, 1.54) is 24.1 Å². The molecule has 0 atom stereocenters. The van der Waals surface area contributed by atoms with Gasteiger partial charge >= 0.3 is 7.12 Å². The van der Waals surface area contributed by atoms with Crippen LogP contribution in [0.15, 0.2) is 18.3 Å². The predicted molar refractivity (Wildman–Crippen MR) is 74.3 cm³/mol. The third kappa shape index (κ3) is 3.08. The molecule has 2 aromatic rings.